The van der Waals surface area contributed by atoms with Gasteiger partial charge < -0.3 is 44.8 Å². The Kier molecular flexibility index (Phi) is 10.2. The number of aldehydes is 1. The monoisotopic (exact) mass is 614 g/mol. The summed E-state index contributed by atoms with van der Waals surface area (Å²) in [6.45, 7) is -3.40. The number of hydrogen-bond acceptors (Lipinski definition) is 13. The van der Waals surface area contributed by atoms with Gasteiger partial charge in [-0.3, -0.25) is 18.9 Å². The molecule has 0 aromatic carbocycles. The summed E-state index contributed by atoms with van der Waals surface area (Å²) < 4.78 is 36.5. The van der Waals surface area contributed by atoms with E-state index in [1.165, 1.54) is 19.7 Å². The Morgan fingerprint density at radius 2 is 2.23 bits per heavy atom. The quantitative estimate of drug-likeness (QED) is 0.0656. The fraction of sp³-hybridized carbons (Fsp3) is 0.500. The zero-order chi connectivity index (χ0) is 28.7. The molecule has 0 bridgehead atoms. The Labute approximate surface area is 234 Å². The van der Waals surface area contributed by atoms with Crippen molar-refractivity contribution in [2.24, 2.45) is 10.7 Å². The van der Waals surface area contributed by atoms with Gasteiger partial charge in [0.25, 0.3) is 0 Å². The average Bonchev–Trinajstić information content (AvgIpc) is 3.65. The number of carbonyl (C=O) groups excluding carboxylic acids is 1. The Morgan fingerprint density at radius 1 is 1.40 bits per heavy atom. The van der Waals surface area contributed by atoms with Crippen LogP contribution in [0.25, 0.3) is 11.2 Å². The molecule has 0 spiro atoms. The molecular formula is C20H28N10O7P2S. The van der Waals surface area contributed by atoms with Gasteiger partial charge >= 0.3 is 6.72 Å². The molecule has 20 heteroatoms. The molecular weight excluding hydrogens is 586 g/mol. The molecule has 6 N–H and O–H groups in total. The first-order chi connectivity index (χ1) is 19.3. The fourth-order valence-electron chi connectivity index (χ4n) is 3.98. The third-order valence-corrected chi connectivity index (χ3v) is 7.73. The number of rotatable bonds is 14. The number of ether oxygens (including phenoxy) is 2. The summed E-state index contributed by atoms with van der Waals surface area (Å²) in [6, 6.07) is 0. The Balaban J connectivity index is 1.32. The lowest BCUT2D eigenvalue weighted by atomic mass is 10.2. The molecule has 1 aliphatic rings. The van der Waals surface area contributed by atoms with E-state index in [2.05, 4.69) is 30.2 Å². The van der Waals surface area contributed by atoms with Gasteiger partial charge in [0.1, 0.15) is 42.8 Å². The number of hydrogen-bond donors (Lipinski definition) is 4. The maximum absolute atomic E-state index is 11.4. The van der Waals surface area contributed by atoms with Gasteiger partial charge in [-0.2, -0.15) is 0 Å². The van der Waals surface area contributed by atoms with Crippen molar-refractivity contribution in [3.63, 3.8) is 0 Å². The van der Waals surface area contributed by atoms with Crippen molar-refractivity contribution < 1.29 is 32.8 Å². The molecule has 0 radical (unpaired) electrons. The van der Waals surface area contributed by atoms with Crippen LogP contribution < -0.4 is 16.8 Å². The van der Waals surface area contributed by atoms with Crippen LogP contribution in [0.15, 0.2) is 17.6 Å². The van der Waals surface area contributed by atoms with Crippen LogP contribution >= 0.6 is 15.2 Å². The molecule has 0 amide bonds. The third kappa shape index (κ3) is 7.21. The molecule has 3 unspecified atom stereocenters. The number of anilines is 2. The van der Waals surface area contributed by atoms with Crippen LogP contribution in [0.1, 0.15) is 35.4 Å². The van der Waals surface area contributed by atoms with Crippen molar-refractivity contribution >= 4 is 62.0 Å². The highest BCUT2D eigenvalue weighted by Crippen LogP contribution is 2.45. The highest BCUT2D eigenvalue weighted by Gasteiger charge is 2.31. The predicted molar refractivity (Wildman–Crippen MR) is 147 cm³/mol. The second kappa shape index (κ2) is 13.6. The van der Waals surface area contributed by atoms with Crippen molar-refractivity contribution in [3.8, 4) is 0 Å². The van der Waals surface area contributed by atoms with E-state index in [0.717, 1.165) is 0 Å². The number of guanidine groups is 1. The number of nitrogen functional groups attached to an aromatic ring is 1. The zero-order valence-corrected chi connectivity index (χ0v) is 23.9. The molecule has 1 aliphatic heterocycles. The minimum atomic E-state index is -3.62. The smallest absolute Gasteiger partial charge is 0.324 e. The van der Waals surface area contributed by atoms with E-state index in [0.29, 0.717) is 41.9 Å². The van der Waals surface area contributed by atoms with Crippen LogP contribution in [0.3, 0.4) is 0 Å². The molecule has 1 saturated heterocycles. The summed E-state index contributed by atoms with van der Waals surface area (Å²) in [4.78, 5) is 42.5. The van der Waals surface area contributed by atoms with Gasteiger partial charge in [-0.15, -0.1) is 0 Å². The number of aromatic nitrogens is 6. The summed E-state index contributed by atoms with van der Waals surface area (Å²) in [5.41, 5.74) is 12.7. The van der Waals surface area contributed by atoms with E-state index in [-0.39, 0.29) is 58.6 Å². The van der Waals surface area contributed by atoms with Crippen LogP contribution in [-0.2, 0) is 48.0 Å². The van der Waals surface area contributed by atoms with E-state index >= 15 is 0 Å². The van der Waals surface area contributed by atoms with Crippen molar-refractivity contribution in [2.45, 2.75) is 38.3 Å². The highest BCUT2D eigenvalue weighted by atomic mass is 32.5. The molecule has 40 heavy (non-hydrogen) atoms. The SMILES string of the molecule is CN=C(N)Nc1c(C=O)ncn1C1CCC(COP(O)(=S)OCCn2c(COCP=O)nc3c(N)ncnc32)O1. The normalized spacial score (nSPS) is 19.3. The number of nitrogens with zero attached hydrogens (tertiary/aromatic N) is 7. The van der Waals surface area contributed by atoms with Gasteiger partial charge in [-0.25, -0.2) is 19.9 Å². The second-order valence-corrected chi connectivity index (χ2v) is 11.7. The second-order valence-electron chi connectivity index (χ2n) is 8.34. The van der Waals surface area contributed by atoms with Crippen molar-refractivity contribution in [2.75, 3.05) is 37.7 Å². The number of nitrogens with one attached hydrogen (secondary N) is 1. The number of nitrogens with two attached hydrogens (primary N) is 2. The lowest BCUT2D eigenvalue weighted by molar-refractivity contribution is -0.0197. The van der Waals surface area contributed by atoms with Crippen LogP contribution in [0.5, 0.6) is 0 Å². The predicted octanol–water partition coefficient (Wildman–Crippen LogP) is 1.17. The van der Waals surface area contributed by atoms with Crippen LogP contribution in [0.4, 0.5) is 11.6 Å². The van der Waals surface area contributed by atoms with Crippen LogP contribution in [0.2, 0.25) is 0 Å². The Morgan fingerprint density at radius 3 is 2.98 bits per heavy atom. The van der Waals surface area contributed by atoms with Gasteiger partial charge in [0, 0.05) is 13.6 Å². The molecule has 1 fully saturated rings. The largest absolute Gasteiger partial charge is 0.382 e. The van der Waals surface area contributed by atoms with Crippen molar-refractivity contribution in [1.29, 1.82) is 0 Å². The van der Waals surface area contributed by atoms with Crippen molar-refractivity contribution in [1.82, 2.24) is 29.1 Å². The average molecular weight is 615 g/mol. The number of aliphatic imine (C=N–C) groups is 1. The topological polar surface area (TPSA) is 229 Å². The minimum Gasteiger partial charge on any atom is -0.382 e. The molecule has 17 nitrogen and oxygen atoms in total. The number of imidazole rings is 2. The van der Waals surface area contributed by atoms with Crippen LogP contribution in [0, 0.1) is 0 Å². The van der Waals surface area contributed by atoms with Gasteiger partial charge in [0.05, 0.1) is 25.6 Å². The van der Waals surface area contributed by atoms with Gasteiger partial charge in [0.2, 0.25) is 0 Å². The summed E-state index contributed by atoms with van der Waals surface area (Å²) in [5, 5.41) is 2.85. The molecule has 0 saturated carbocycles. The van der Waals surface area contributed by atoms with Gasteiger partial charge in [-0.05, 0) is 24.6 Å². The Hall–Kier alpha value is -2.95. The van der Waals surface area contributed by atoms with Crippen LogP contribution in [-0.4, -0.2) is 78.9 Å². The summed E-state index contributed by atoms with van der Waals surface area (Å²) in [5.74, 6) is 1.13. The molecule has 4 heterocycles. The summed E-state index contributed by atoms with van der Waals surface area (Å²) in [6.07, 6.45) is 3.72. The van der Waals surface area contributed by atoms with E-state index in [9.17, 15) is 14.3 Å². The molecule has 3 atom stereocenters. The van der Waals surface area contributed by atoms with E-state index in [4.69, 9.17) is 41.8 Å². The lowest BCUT2D eigenvalue weighted by Gasteiger charge is -2.20. The van der Waals surface area contributed by atoms with Crippen molar-refractivity contribution in [3.05, 3.63) is 24.2 Å². The molecule has 3 aromatic rings. The maximum Gasteiger partial charge on any atom is 0.324 e. The first-order valence-electron chi connectivity index (χ1n) is 11.9. The van der Waals surface area contributed by atoms with E-state index in [1.54, 1.807) is 9.13 Å². The van der Waals surface area contributed by atoms with E-state index < -0.39 is 19.1 Å². The minimum absolute atomic E-state index is 0.00574. The first-order valence-corrected chi connectivity index (χ1v) is 15.5. The standard InChI is InChI=1S/C20H28N10O7P2S/c1-23-20(22)28-18-13(6-31)26-10-30(18)15-3-2-12(37-15)7-36-39(33,40)35-5-4-29-14(8-34-11-38-32)27-16-17(21)24-9-25-19(16)29/h6,9-10,12,15H,2-5,7-8,11H2,1H3,(H,33,40)(H2,21,24,25)(H3,22,23,28). The van der Waals surface area contributed by atoms with Gasteiger partial charge in [0.15, 0.2) is 37.7 Å². The lowest BCUT2D eigenvalue weighted by Crippen LogP contribution is -2.25. The fourth-order valence-corrected chi connectivity index (χ4v) is 5.29. The number of carbonyl (C=O) groups is 1. The number of fused-ring (bicyclic) bond motifs is 1. The molecule has 0 aliphatic carbocycles. The first kappa shape index (κ1) is 30.0. The Bertz CT molecular complexity index is 1430. The highest BCUT2D eigenvalue weighted by molar-refractivity contribution is 8.07. The third-order valence-electron chi connectivity index (χ3n) is 5.82. The summed E-state index contributed by atoms with van der Waals surface area (Å²) in [7, 11) is 1.35. The van der Waals surface area contributed by atoms with E-state index in [1.807, 2.05) is 0 Å². The maximum atomic E-state index is 11.4. The zero-order valence-electron chi connectivity index (χ0n) is 21.3. The summed E-state index contributed by atoms with van der Waals surface area (Å²) >= 11 is 5.18. The molecule has 3 aromatic heterocycles. The van der Waals surface area contributed by atoms with Gasteiger partial charge in [-0.1, -0.05) is 0 Å². The molecule has 216 valence electrons. The molecule has 4 rings (SSSR count).